The van der Waals surface area contributed by atoms with E-state index in [1.807, 2.05) is 0 Å². The summed E-state index contributed by atoms with van der Waals surface area (Å²) in [6.45, 7) is 0. The Hall–Kier alpha value is 5.22. The van der Waals surface area contributed by atoms with Gasteiger partial charge in [-0.05, 0) is 19.5 Å². The Morgan fingerprint density at radius 3 is 0.600 bits per heavy atom. The van der Waals surface area contributed by atoms with E-state index in [0.717, 1.165) is 0 Å². The van der Waals surface area contributed by atoms with Crippen molar-refractivity contribution in [3.05, 3.63) is 0 Å². The largest absolute Gasteiger partial charge is 0.325 e. The van der Waals surface area contributed by atoms with Gasteiger partial charge in [0.05, 0.1) is 7.35 Å². The minimum atomic E-state index is -3.17. The Balaban J connectivity index is 0. The summed E-state index contributed by atoms with van der Waals surface area (Å²) < 4.78 is 0. The van der Waals surface area contributed by atoms with E-state index < -0.39 is 36.8 Å². The van der Waals surface area contributed by atoms with Crippen LogP contribution in [-0.4, -0.2) is 56.3 Å². The predicted molar refractivity (Wildman–Crippen MR) is 127 cm³/mol. The second-order valence-corrected chi connectivity index (χ2v) is 101. The maximum absolute atomic E-state index is 5.76. The Morgan fingerprint density at radius 2 is 0.600 bits per heavy atom. The summed E-state index contributed by atoms with van der Waals surface area (Å²) in [7, 11) is -0.750. The molecule has 20 heteroatoms. The summed E-state index contributed by atoms with van der Waals surface area (Å²) in [5, 5.41) is 0. The molecule has 20 heavy (non-hydrogen) atoms. The molecule has 0 fully saturated rings. The van der Waals surface area contributed by atoms with Crippen LogP contribution in [0.25, 0.3) is 0 Å². The second kappa shape index (κ2) is 10.5. The fourth-order valence-corrected chi connectivity index (χ4v) is 135. The quantitative estimate of drug-likeness (QED) is 0.322. The monoisotopic (exact) mass is 652 g/mol. The number of halogens is 12. The third-order valence-corrected chi connectivity index (χ3v) is 133. The maximum atomic E-state index is 5.76. The van der Waals surface area contributed by atoms with Crippen molar-refractivity contribution in [3.8, 4) is 0 Å². The number of hydrogen-bond donors (Lipinski definition) is 0. The summed E-state index contributed by atoms with van der Waals surface area (Å²) in [5.41, 5.74) is -11.6. The van der Waals surface area contributed by atoms with Crippen molar-refractivity contribution in [2.24, 2.45) is 0 Å². The van der Waals surface area contributed by atoms with Gasteiger partial charge < -0.3 is 0 Å². The van der Waals surface area contributed by atoms with Gasteiger partial charge in [0.15, 0.2) is 7.35 Å². The van der Waals surface area contributed by atoms with Crippen molar-refractivity contribution >= 4 is 189 Å². The normalized spacial score (nSPS) is 16.1. The summed E-state index contributed by atoms with van der Waals surface area (Å²) in [6, 6.07) is 0. The van der Waals surface area contributed by atoms with E-state index >= 15 is 0 Å². The van der Waals surface area contributed by atoms with Crippen LogP contribution in [0.5, 0.6) is 0 Å². The van der Waals surface area contributed by atoms with Crippen LogP contribution in [0.4, 0.5) is 0 Å². The van der Waals surface area contributed by atoms with Gasteiger partial charge in [0.2, 0.25) is 0 Å². The first-order valence-electron chi connectivity index (χ1n) is 4.58. The lowest BCUT2D eigenvalue weighted by atomic mass is 26.2. The molecule has 0 aromatic carbocycles. The highest BCUT2D eigenvalue weighted by atomic mass is 35.9. The van der Waals surface area contributed by atoms with E-state index in [0.29, 0.717) is 0 Å². The third-order valence-electron chi connectivity index (χ3n) is 1.64. The van der Waals surface area contributed by atoms with Crippen molar-refractivity contribution in [2.75, 3.05) is 0 Å². The molecule has 0 heterocycles. The Kier molecular flexibility index (Phi) is 14.4. The van der Waals surface area contributed by atoms with Gasteiger partial charge >= 0.3 is 22.1 Å². The lowest BCUT2D eigenvalue weighted by molar-refractivity contribution is 3.33. The van der Waals surface area contributed by atoms with Gasteiger partial charge in [-0.1, -0.05) is 0 Å². The molecule has 0 N–H and O–H groups in total. The zero-order chi connectivity index (χ0) is 17.2. The Bertz CT molecular complexity index is 241. The van der Waals surface area contributed by atoms with Crippen LogP contribution in [0.1, 0.15) is 0 Å². The summed E-state index contributed by atoms with van der Waals surface area (Å²) in [6.07, 6.45) is 0. The van der Waals surface area contributed by atoms with Gasteiger partial charge in [0.1, 0.15) is 0 Å². The first kappa shape index (κ1) is 27.4. The lowest BCUT2D eigenvalue weighted by Gasteiger charge is -2.28. The summed E-state index contributed by atoms with van der Waals surface area (Å²) >= 11 is 68.9. The van der Waals surface area contributed by atoms with Gasteiger partial charge in [-0.25, -0.2) is 0 Å². The average molecular weight is 658 g/mol. The lowest BCUT2D eigenvalue weighted by Crippen LogP contribution is -2.62. The smallest absolute Gasteiger partial charge is 0.131 e. The predicted octanol–water partition coefficient (Wildman–Crippen LogP) is 3.09. The summed E-state index contributed by atoms with van der Waals surface area (Å²) in [4.78, 5) is 0. The maximum Gasteiger partial charge on any atom is 0.325 e. The van der Waals surface area contributed by atoms with Crippen molar-refractivity contribution in [2.45, 2.75) is 0 Å². The number of hydrogen-bond acceptors (Lipinski definition) is 0. The first-order chi connectivity index (χ1) is 8.31. The zero-order valence-electron chi connectivity index (χ0n) is 9.69. The van der Waals surface area contributed by atoms with Crippen LogP contribution < -0.4 is 0 Å². The first-order valence-corrected chi connectivity index (χ1v) is 41.2. The molecule has 0 spiro atoms. The Labute approximate surface area is 186 Å². The van der Waals surface area contributed by atoms with Gasteiger partial charge in [-0.15, -0.1) is 133 Å². The van der Waals surface area contributed by atoms with Crippen LogP contribution in [0, 0.1) is 0 Å². The fraction of sp³-hybridized carbons (Fsp3) is 0. The molecule has 0 nitrogen and oxygen atoms in total. The molecule has 0 radical (unpaired) electrons. The highest BCUT2D eigenvalue weighted by Crippen LogP contribution is 2.43. The van der Waals surface area contributed by atoms with E-state index in [1.54, 1.807) is 0 Å². The molecule has 0 rings (SSSR count). The fourth-order valence-electron chi connectivity index (χ4n) is 0.557. The molecule has 0 saturated carbocycles. The minimum Gasteiger partial charge on any atom is -0.131 e. The van der Waals surface area contributed by atoms with Gasteiger partial charge in [0.25, 0.3) is 0 Å². The van der Waals surface area contributed by atoms with Gasteiger partial charge in [-0.3, -0.25) is 0 Å². The SMILES string of the molecule is Cl[Si](Cl)(Cl)[SiH]([Si](Cl)(Cl)Cl)[Si](Cl)(Cl)Cl.[SiH3][SiH]([SiH3])[Si](Cl)(Cl)Cl. The topological polar surface area (TPSA) is 0 Å². The highest BCUT2D eigenvalue weighted by molar-refractivity contribution is 8.24. The zero-order valence-corrected chi connectivity index (χ0v) is 29.1. The van der Waals surface area contributed by atoms with Crippen LogP contribution in [0.2, 0.25) is 0 Å². The minimum absolute atomic E-state index is 0.646. The van der Waals surface area contributed by atoms with Crippen LogP contribution in [0.15, 0.2) is 0 Å². The van der Waals surface area contributed by atoms with Crippen LogP contribution >= 0.6 is 133 Å². The molecule has 0 aromatic heterocycles. The van der Waals surface area contributed by atoms with Gasteiger partial charge in [-0.2, -0.15) is 0 Å². The van der Waals surface area contributed by atoms with Crippen molar-refractivity contribution in [1.82, 2.24) is 0 Å². The molecule has 124 valence electrons. The molecule has 0 aromatic rings. The van der Waals surface area contributed by atoms with Crippen molar-refractivity contribution in [3.63, 3.8) is 0 Å². The number of rotatable bonds is 4. The molecular formula is H8Cl12Si8. The molecule has 0 aliphatic heterocycles. The summed E-state index contributed by atoms with van der Waals surface area (Å²) in [5.74, 6) is 0. The van der Waals surface area contributed by atoms with E-state index in [2.05, 4.69) is 0 Å². The van der Waals surface area contributed by atoms with Crippen LogP contribution in [-0.2, 0) is 0 Å². The molecule has 0 amide bonds. The average Bonchev–Trinajstić information content (AvgIpc) is 1.91. The standard InChI is InChI=1S/Cl9HSi4.Cl3H7Si4/c1-11(2,3)10(12(4,5)6)13(7,8)9;1-7(2,3)6(4)5/h10H;6H,4-5H3. The molecule has 0 aliphatic rings. The molecule has 0 saturated heterocycles. The van der Waals surface area contributed by atoms with E-state index in [1.165, 1.54) is 19.5 Å². The van der Waals surface area contributed by atoms with Gasteiger partial charge in [0, 0.05) is 0 Å². The van der Waals surface area contributed by atoms with E-state index in [9.17, 15) is 0 Å². The molecule has 0 atom stereocenters. The third kappa shape index (κ3) is 13.4. The van der Waals surface area contributed by atoms with Crippen molar-refractivity contribution < 1.29 is 0 Å². The molecule has 0 bridgehead atoms. The van der Waals surface area contributed by atoms with E-state index in [-0.39, 0.29) is 0 Å². The highest BCUT2D eigenvalue weighted by Gasteiger charge is 2.64. The second-order valence-electron chi connectivity index (χ2n) is 3.75. The van der Waals surface area contributed by atoms with E-state index in [4.69, 9.17) is 133 Å². The molecule has 0 unspecified atom stereocenters. The van der Waals surface area contributed by atoms with Crippen molar-refractivity contribution in [1.29, 1.82) is 0 Å². The molecular weight excluding hydrogens is 650 g/mol. The Morgan fingerprint density at radius 1 is 0.450 bits per heavy atom. The van der Waals surface area contributed by atoms with Crippen LogP contribution in [0.3, 0.4) is 0 Å². The molecule has 0 aliphatic carbocycles.